The molecule has 4 nitrogen and oxygen atoms in total. The lowest BCUT2D eigenvalue weighted by molar-refractivity contribution is 0.0525. The first kappa shape index (κ1) is 13.6. The molecule has 0 bridgehead atoms. The van der Waals surface area contributed by atoms with Gasteiger partial charge in [-0.2, -0.15) is 5.10 Å². The highest BCUT2D eigenvalue weighted by Crippen LogP contribution is 2.19. The maximum absolute atomic E-state index is 11.8. The number of halogens is 1. The summed E-state index contributed by atoms with van der Waals surface area (Å²) in [6.07, 6.45) is 2.06. The molecular formula is C14H15ClN2O2. The predicted octanol–water partition coefficient (Wildman–Crippen LogP) is 3.14. The first-order valence-corrected chi connectivity index (χ1v) is 6.44. The number of aryl methyl sites for hydroxylation is 1. The van der Waals surface area contributed by atoms with Crippen LogP contribution in [0.4, 0.5) is 0 Å². The minimum atomic E-state index is -0.356. The number of rotatable bonds is 4. The highest BCUT2D eigenvalue weighted by molar-refractivity contribution is 6.30. The minimum Gasteiger partial charge on any atom is -0.462 e. The molecule has 0 spiro atoms. The van der Waals surface area contributed by atoms with Crippen molar-refractivity contribution < 1.29 is 9.53 Å². The van der Waals surface area contributed by atoms with Gasteiger partial charge in [-0.05, 0) is 37.1 Å². The fraction of sp³-hybridized carbons (Fsp3) is 0.286. The van der Waals surface area contributed by atoms with Gasteiger partial charge in [-0.3, -0.25) is 5.10 Å². The third-order valence-electron chi connectivity index (χ3n) is 2.89. The summed E-state index contributed by atoms with van der Waals surface area (Å²) in [5.74, 6) is -0.356. The Kier molecular flexibility index (Phi) is 4.22. The van der Waals surface area contributed by atoms with Gasteiger partial charge in [0, 0.05) is 11.4 Å². The predicted molar refractivity (Wildman–Crippen MR) is 73.5 cm³/mol. The number of aromatic nitrogens is 2. The van der Waals surface area contributed by atoms with Gasteiger partial charge in [0.15, 0.2) is 0 Å². The Balaban J connectivity index is 2.26. The average molecular weight is 279 g/mol. The first-order chi connectivity index (χ1) is 9.11. The zero-order valence-electron chi connectivity index (χ0n) is 10.9. The van der Waals surface area contributed by atoms with Crippen LogP contribution in [-0.4, -0.2) is 22.8 Å². The summed E-state index contributed by atoms with van der Waals surface area (Å²) in [7, 11) is 0. The van der Waals surface area contributed by atoms with Crippen LogP contribution in [-0.2, 0) is 11.2 Å². The standard InChI is InChI=1S/C14H15ClN2O2/c1-3-19-14(18)12-8-16-17-13(12)7-10-6-11(15)5-4-9(10)2/h4-6,8H,3,7H2,1-2H3,(H,16,17). The van der Waals surface area contributed by atoms with Crippen LogP contribution in [0, 0.1) is 6.92 Å². The molecule has 100 valence electrons. The van der Waals surface area contributed by atoms with Gasteiger partial charge in [-0.25, -0.2) is 4.79 Å². The molecule has 0 aliphatic rings. The molecule has 1 N–H and O–H groups in total. The molecule has 1 aromatic heterocycles. The number of esters is 1. The second kappa shape index (κ2) is 5.89. The Morgan fingerprint density at radius 1 is 1.47 bits per heavy atom. The first-order valence-electron chi connectivity index (χ1n) is 6.06. The van der Waals surface area contributed by atoms with Gasteiger partial charge < -0.3 is 4.74 Å². The van der Waals surface area contributed by atoms with Crippen LogP contribution >= 0.6 is 11.6 Å². The van der Waals surface area contributed by atoms with Crippen molar-refractivity contribution in [3.63, 3.8) is 0 Å². The Morgan fingerprint density at radius 2 is 2.26 bits per heavy atom. The van der Waals surface area contributed by atoms with E-state index in [-0.39, 0.29) is 5.97 Å². The molecule has 0 saturated carbocycles. The van der Waals surface area contributed by atoms with Crippen molar-refractivity contribution in [2.75, 3.05) is 6.61 Å². The van der Waals surface area contributed by atoms with Gasteiger partial charge in [0.2, 0.25) is 0 Å². The molecule has 19 heavy (non-hydrogen) atoms. The van der Waals surface area contributed by atoms with E-state index in [4.69, 9.17) is 16.3 Å². The number of nitrogens with zero attached hydrogens (tertiary/aromatic N) is 1. The van der Waals surface area contributed by atoms with Gasteiger partial charge in [-0.1, -0.05) is 17.7 Å². The van der Waals surface area contributed by atoms with Crippen LogP contribution in [0.25, 0.3) is 0 Å². The molecule has 0 aliphatic heterocycles. The second-order valence-corrected chi connectivity index (χ2v) is 4.67. The monoisotopic (exact) mass is 278 g/mol. The van der Waals surface area contributed by atoms with E-state index in [0.29, 0.717) is 23.6 Å². The number of benzene rings is 1. The largest absolute Gasteiger partial charge is 0.462 e. The molecule has 0 amide bonds. The number of carbonyl (C=O) groups is 1. The van der Waals surface area contributed by atoms with Crippen molar-refractivity contribution >= 4 is 17.6 Å². The maximum Gasteiger partial charge on any atom is 0.341 e. The van der Waals surface area contributed by atoms with Crippen LogP contribution in [0.15, 0.2) is 24.4 Å². The second-order valence-electron chi connectivity index (χ2n) is 4.23. The fourth-order valence-corrected chi connectivity index (χ4v) is 2.05. The molecule has 0 aliphatic carbocycles. The lowest BCUT2D eigenvalue weighted by atomic mass is 10.0. The number of hydrogen-bond acceptors (Lipinski definition) is 3. The van der Waals surface area contributed by atoms with E-state index in [9.17, 15) is 4.79 Å². The van der Waals surface area contributed by atoms with Crippen LogP contribution < -0.4 is 0 Å². The van der Waals surface area contributed by atoms with Gasteiger partial charge in [-0.15, -0.1) is 0 Å². The Morgan fingerprint density at radius 3 is 3.00 bits per heavy atom. The molecule has 0 saturated heterocycles. The van der Waals surface area contributed by atoms with Crippen molar-refractivity contribution in [3.8, 4) is 0 Å². The molecule has 5 heteroatoms. The summed E-state index contributed by atoms with van der Waals surface area (Å²) in [6, 6.07) is 5.70. The number of H-pyrrole nitrogens is 1. The van der Waals surface area contributed by atoms with Gasteiger partial charge in [0.25, 0.3) is 0 Å². The van der Waals surface area contributed by atoms with E-state index >= 15 is 0 Å². The molecule has 0 unspecified atom stereocenters. The number of ether oxygens (including phenoxy) is 1. The maximum atomic E-state index is 11.8. The minimum absolute atomic E-state index is 0.347. The van der Waals surface area contributed by atoms with Gasteiger partial charge in [0.05, 0.1) is 18.5 Å². The van der Waals surface area contributed by atoms with E-state index in [1.165, 1.54) is 6.20 Å². The summed E-state index contributed by atoms with van der Waals surface area (Å²) in [6.45, 7) is 4.13. The summed E-state index contributed by atoms with van der Waals surface area (Å²) >= 11 is 5.99. The van der Waals surface area contributed by atoms with Gasteiger partial charge >= 0.3 is 5.97 Å². The normalized spacial score (nSPS) is 10.5. The highest BCUT2D eigenvalue weighted by atomic mass is 35.5. The Labute approximate surface area is 116 Å². The Hall–Kier alpha value is -1.81. The molecule has 2 rings (SSSR count). The average Bonchev–Trinajstić information content (AvgIpc) is 2.82. The zero-order chi connectivity index (χ0) is 13.8. The van der Waals surface area contributed by atoms with E-state index < -0.39 is 0 Å². The molecule has 1 aromatic carbocycles. The number of carbonyl (C=O) groups excluding carboxylic acids is 1. The summed E-state index contributed by atoms with van der Waals surface area (Å²) in [4.78, 5) is 11.8. The number of hydrogen-bond donors (Lipinski definition) is 1. The van der Waals surface area contributed by atoms with Crippen molar-refractivity contribution in [3.05, 3.63) is 51.8 Å². The summed E-state index contributed by atoms with van der Waals surface area (Å²) in [5, 5.41) is 7.44. The smallest absolute Gasteiger partial charge is 0.341 e. The Bertz CT molecular complexity index is 593. The number of nitrogens with one attached hydrogen (secondary N) is 1. The summed E-state index contributed by atoms with van der Waals surface area (Å²) < 4.78 is 4.99. The van der Waals surface area contributed by atoms with Crippen molar-refractivity contribution in [2.45, 2.75) is 20.3 Å². The SMILES string of the molecule is CCOC(=O)c1cn[nH]c1Cc1cc(Cl)ccc1C. The zero-order valence-corrected chi connectivity index (χ0v) is 11.6. The third kappa shape index (κ3) is 3.15. The van der Waals surface area contributed by atoms with Crippen LogP contribution in [0.2, 0.25) is 5.02 Å². The van der Waals surface area contributed by atoms with Gasteiger partial charge in [0.1, 0.15) is 5.56 Å². The molecule has 2 aromatic rings. The van der Waals surface area contributed by atoms with E-state index in [2.05, 4.69) is 10.2 Å². The molecular weight excluding hydrogens is 264 g/mol. The molecule has 0 fully saturated rings. The third-order valence-corrected chi connectivity index (χ3v) is 3.13. The lowest BCUT2D eigenvalue weighted by Crippen LogP contribution is -2.07. The van der Waals surface area contributed by atoms with Crippen molar-refractivity contribution in [1.82, 2.24) is 10.2 Å². The fourth-order valence-electron chi connectivity index (χ4n) is 1.85. The summed E-state index contributed by atoms with van der Waals surface area (Å²) in [5.41, 5.74) is 3.39. The quantitative estimate of drug-likeness (QED) is 0.874. The highest BCUT2D eigenvalue weighted by Gasteiger charge is 2.15. The van der Waals surface area contributed by atoms with E-state index in [0.717, 1.165) is 16.8 Å². The van der Waals surface area contributed by atoms with E-state index in [1.807, 2.05) is 25.1 Å². The van der Waals surface area contributed by atoms with Crippen molar-refractivity contribution in [2.24, 2.45) is 0 Å². The van der Waals surface area contributed by atoms with Crippen molar-refractivity contribution in [1.29, 1.82) is 0 Å². The molecule has 1 heterocycles. The van der Waals surface area contributed by atoms with Crippen LogP contribution in [0.5, 0.6) is 0 Å². The van der Waals surface area contributed by atoms with Crippen LogP contribution in [0.1, 0.15) is 34.1 Å². The van der Waals surface area contributed by atoms with Crippen LogP contribution in [0.3, 0.4) is 0 Å². The topological polar surface area (TPSA) is 55.0 Å². The molecule has 0 radical (unpaired) electrons. The lowest BCUT2D eigenvalue weighted by Gasteiger charge is -2.07. The van der Waals surface area contributed by atoms with E-state index in [1.54, 1.807) is 6.92 Å². The molecule has 0 atom stereocenters. The number of aromatic amines is 1.